The highest BCUT2D eigenvalue weighted by molar-refractivity contribution is 5.49. The Morgan fingerprint density at radius 3 is 3.17 bits per heavy atom. The van der Waals surface area contributed by atoms with Crippen LogP contribution in [-0.2, 0) is 0 Å². The molecule has 0 aliphatic carbocycles. The molecule has 1 saturated heterocycles. The van der Waals surface area contributed by atoms with E-state index in [2.05, 4.69) is 27.1 Å². The molecular weight excluding hydrogens is 228 g/mol. The first kappa shape index (κ1) is 13.1. The molecule has 1 unspecified atom stereocenters. The van der Waals surface area contributed by atoms with E-state index in [1.54, 1.807) is 6.33 Å². The van der Waals surface area contributed by atoms with Crippen molar-refractivity contribution < 1.29 is 5.11 Å². The SMILES string of the molecule is CCNc1cc(N2CCCC2CCCO)ncn1. The molecule has 1 aliphatic heterocycles. The Labute approximate surface area is 108 Å². The molecule has 2 heterocycles. The number of hydrogen-bond acceptors (Lipinski definition) is 5. The smallest absolute Gasteiger partial charge is 0.134 e. The molecule has 5 heteroatoms. The number of nitrogens with one attached hydrogen (secondary N) is 1. The zero-order valence-electron chi connectivity index (χ0n) is 11.0. The van der Waals surface area contributed by atoms with Crippen molar-refractivity contribution in [2.24, 2.45) is 0 Å². The van der Waals surface area contributed by atoms with Gasteiger partial charge < -0.3 is 15.3 Å². The second kappa shape index (κ2) is 6.54. The molecule has 1 aliphatic rings. The number of aliphatic hydroxyl groups excluding tert-OH is 1. The summed E-state index contributed by atoms with van der Waals surface area (Å²) in [6.07, 6.45) is 5.93. The first-order chi connectivity index (χ1) is 8.85. The highest BCUT2D eigenvalue weighted by Gasteiger charge is 2.25. The van der Waals surface area contributed by atoms with E-state index in [-0.39, 0.29) is 6.61 Å². The van der Waals surface area contributed by atoms with Gasteiger partial charge in [-0.2, -0.15) is 0 Å². The second-order valence-electron chi connectivity index (χ2n) is 4.65. The van der Waals surface area contributed by atoms with Crippen LogP contribution in [0.15, 0.2) is 12.4 Å². The number of hydrogen-bond donors (Lipinski definition) is 2. The van der Waals surface area contributed by atoms with Gasteiger partial charge in [0, 0.05) is 31.8 Å². The fraction of sp³-hybridized carbons (Fsp3) is 0.692. The molecule has 0 bridgehead atoms. The number of nitrogens with zero attached hydrogens (tertiary/aromatic N) is 3. The van der Waals surface area contributed by atoms with Crippen molar-refractivity contribution in [3.05, 3.63) is 12.4 Å². The Morgan fingerprint density at radius 2 is 2.39 bits per heavy atom. The summed E-state index contributed by atoms with van der Waals surface area (Å²) in [7, 11) is 0. The lowest BCUT2D eigenvalue weighted by Crippen LogP contribution is -2.30. The average Bonchev–Trinajstić information content (AvgIpc) is 2.85. The molecule has 0 saturated carbocycles. The van der Waals surface area contributed by atoms with Gasteiger partial charge >= 0.3 is 0 Å². The largest absolute Gasteiger partial charge is 0.396 e. The Hall–Kier alpha value is -1.36. The Balaban J connectivity index is 2.06. The second-order valence-corrected chi connectivity index (χ2v) is 4.65. The summed E-state index contributed by atoms with van der Waals surface area (Å²) in [5, 5.41) is 12.2. The van der Waals surface area contributed by atoms with E-state index in [1.807, 2.05) is 6.07 Å². The Kier molecular flexibility index (Phi) is 4.75. The van der Waals surface area contributed by atoms with Crippen LogP contribution < -0.4 is 10.2 Å². The summed E-state index contributed by atoms with van der Waals surface area (Å²) in [5.41, 5.74) is 0. The maximum absolute atomic E-state index is 8.94. The van der Waals surface area contributed by atoms with Gasteiger partial charge in [0.25, 0.3) is 0 Å². The lowest BCUT2D eigenvalue weighted by atomic mass is 10.1. The molecule has 1 fully saturated rings. The topological polar surface area (TPSA) is 61.3 Å². The predicted octanol–water partition coefficient (Wildman–Crippen LogP) is 1.65. The van der Waals surface area contributed by atoms with Crippen molar-refractivity contribution in [3.63, 3.8) is 0 Å². The van der Waals surface area contributed by atoms with Gasteiger partial charge in [-0.05, 0) is 32.6 Å². The minimum atomic E-state index is 0.275. The molecule has 1 aromatic heterocycles. The summed E-state index contributed by atoms with van der Waals surface area (Å²) < 4.78 is 0. The van der Waals surface area contributed by atoms with Crippen LogP contribution in [0.2, 0.25) is 0 Å². The van der Waals surface area contributed by atoms with Crippen LogP contribution in [0.5, 0.6) is 0 Å². The van der Waals surface area contributed by atoms with Crippen molar-refractivity contribution in [3.8, 4) is 0 Å². The molecule has 18 heavy (non-hydrogen) atoms. The summed E-state index contributed by atoms with van der Waals surface area (Å²) in [6.45, 7) is 4.25. The molecule has 0 radical (unpaired) electrons. The maximum atomic E-state index is 8.94. The van der Waals surface area contributed by atoms with Crippen molar-refractivity contribution >= 4 is 11.6 Å². The fourth-order valence-corrected chi connectivity index (χ4v) is 2.55. The molecule has 1 aromatic rings. The minimum Gasteiger partial charge on any atom is -0.396 e. The summed E-state index contributed by atoms with van der Waals surface area (Å²) in [4.78, 5) is 10.9. The normalized spacial score (nSPS) is 19.2. The van der Waals surface area contributed by atoms with E-state index >= 15 is 0 Å². The zero-order chi connectivity index (χ0) is 12.8. The minimum absolute atomic E-state index is 0.275. The van der Waals surface area contributed by atoms with Crippen molar-refractivity contribution in [1.29, 1.82) is 0 Å². The highest BCUT2D eigenvalue weighted by Crippen LogP contribution is 2.27. The quantitative estimate of drug-likeness (QED) is 0.804. The van der Waals surface area contributed by atoms with Crippen LogP contribution in [0.25, 0.3) is 0 Å². The Morgan fingerprint density at radius 1 is 1.50 bits per heavy atom. The van der Waals surface area contributed by atoms with Crippen molar-refractivity contribution in [2.75, 3.05) is 29.9 Å². The lowest BCUT2D eigenvalue weighted by molar-refractivity contribution is 0.279. The highest BCUT2D eigenvalue weighted by atomic mass is 16.2. The van der Waals surface area contributed by atoms with E-state index in [1.165, 1.54) is 12.8 Å². The monoisotopic (exact) mass is 250 g/mol. The number of aromatic nitrogens is 2. The molecule has 0 spiro atoms. The van der Waals surface area contributed by atoms with Gasteiger partial charge in [0.1, 0.15) is 18.0 Å². The molecule has 2 rings (SSSR count). The average molecular weight is 250 g/mol. The van der Waals surface area contributed by atoms with E-state index in [9.17, 15) is 0 Å². The van der Waals surface area contributed by atoms with Gasteiger partial charge in [-0.15, -0.1) is 0 Å². The lowest BCUT2D eigenvalue weighted by Gasteiger charge is -2.25. The van der Waals surface area contributed by atoms with E-state index < -0.39 is 0 Å². The van der Waals surface area contributed by atoms with Crippen LogP contribution in [0, 0.1) is 0 Å². The van der Waals surface area contributed by atoms with Crippen molar-refractivity contribution in [1.82, 2.24) is 9.97 Å². The third-order valence-corrected chi connectivity index (χ3v) is 3.38. The molecule has 0 amide bonds. The first-order valence-electron chi connectivity index (χ1n) is 6.78. The van der Waals surface area contributed by atoms with Gasteiger partial charge in [0.05, 0.1) is 0 Å². The number of anilines is 2. The zero-order valence-corrected chi connectivity index (χ0v) is 11.0. The van der Waals surface area contributed by atoms with Crippen LogP contribution in [0.1, 0.15) is 32.6 Å². The summed E-state index contributed by atoms with van der Waals surface area (Å²) >= 11 is 0. The molecule has 1 atom stereocenters. The summed E-state index contributed by atoms with van der Waals surface area (Å²) in [6, 6.07) is 2.53. The van der Waals surface area contributed by atoms with E-state index in [0.29, 0.717) is 6.04 Å². The van der Waals surface area contributed by atoms with Gasteiger partial charge in [0.2, 0.25) is 0 Å². The van der Waals surface area contributed by atoms with E-state index in [0.717, 1.165) is 37.6 Å². The van der Waals surface area contributed by atoms with E-state index in [4.69, 9.17) is 5.11 Å². The van der Waals surface area contributed by atoms with Crippen LogP contribution in [0.4, 0.5) is 11.6 Å². The van der Waals surface area contributed by atoms with Gasteiger partial charge in [-0.1, -0.05) is 0 Å². The number of aliphatic hydroxyl groups is 1. The third kappa shape index (κ3) is 3.10. The standard InChI is InChI=1S/C13H22N4O/c1-2-14-12-9-13(16-10-15-12)17-7-3-5-11(17)6-4-8-18/h9-11,18H,2-8H2,1H3,(H,14,15,16). The molecule has 0 aromatic carbocycles. The first-order valence-corrected chi connectivity index (χ1v) is 6.78. The third-order valence-electron chi connectivity index (χ3n) is 3.38. The maximum Gasteiger partial charge on any atom is 0.134 e. The van der Waals surface area contributed by atoms with Gasteiger partial charge in [-0.3, -0.25) is 0 Å². The van der Waals surface area contributed by atoms with Crippen molar-refractivity contribution in [2.45, 2.75) is 38.6 Å². The molecule has 2 N–H and O–H groups in total. The van der Waals surface area contributed by atoms with Crippen LogP contribution in [-0.4, -0.2) is 40.8 Å². The summed E-state index contributed by atoms with van der Waals surface area (Å²) in [5.74, 6) is 1.89. The fourth-order valence-electron chi connectivity index (χ4n) is 2.55. The molecular formula is C13H22N4O. The van der Waals surface area contributed by atoms with Gasteiger partial charge in [0.15, 0.2) is 0 Å². The number of rotatable bonds is 6. The van der Waals surface area contributed by atoms with Gasteiger partial charge in [-0.25, -0.2) is 9.97 Å². The van der Waals surface area contributed by atoms with Crippen LogP contribution >= 0.6 is 0 Å². The molecule has 100 valence electrons. The molecule has 5 nitrogen and oxygen atoms in total. The predicted molar refractivity (Wildman–Crippen MR) is 72.9 cm³/mol. The Bertz CT molecular complexity index is 372. The van der Waals surface area contributed by atoms with Crippen LogP contribution in [0.3, 0.4) is 0 Å².